The van der Waals surface area contributed by atoms with E-state index in [4.69, 9.17) is 0 Å². The van der Waals surface area contributed by atoms with E-state index in [-0.39, 0.29) is 6.42 Å². The summed E-state index contributed by atoms with van der Waals surface area (Å²) in [4.78, 5) is 20.6. The van der Waals surface area contributed by atoms with Crippen molar-refractivity contribution in [1.29, 1.82) is 0 Å². The van der Waals surface area contributed by atoms with Gasteiger partial charge in [-0.1, -0.05) is 67.7 Å². The maximum atomic E-state index is 10.9. The molecule has 0 rings (SSSR count). The zero-order chi connectivity index (χ0) is 20.2. The molecule has 2 atom stereocenters. The highest BCUT2D eigenvalue weighted by Gasteiger charge is 2.26. The van der Waals surface area contributed by atoms with E-state index in [0.29, 0.717) is 12.8 Å². The highest BCUT2D eigenvalue weighted by atomic mass is 16.6. The molecule has 1 N–H and O–H groups in total. The van der Waals surface area contributed by atoms with Crippen molar-refractivity contribution in [2.45, 2.75) is 70.4 Å². The number of nitrogens with zero attached hydrogens (tertiary/aromatic N) is 1. The van der Waals surface area contributed by atoms with Crippen LogP contribution in [0.2, 0.25) is 0 Å². The van der Waals surface area contributed by atoms with Crippen molar-refractivity contribution in [3.8, 4) is 0 Å². The predicted molar refractivity (Wildman–Crippen MR) is 111 cm³/mol. The smallest absolute Gasteiger partial charge is 0.241 e. The second-order valence-corrected chi connectivity index (χ2v) is 6.11. The molecule has 0 fully saturated rings. The molecule has 5 heteroatoms. The Morgan fingerprint density at radius 3 is 1.67 bits per heavy atom. The zero-order valence-corrected chi connectivity index (χ0v) is 16.3. The fraction of sp³-hybridized carbons (Fsp3) is 0.500. The molecule has 0 aliphatic rings. The minimum Gasteiger partial charge on any atom is -0.386 e. The molecule has 2 unspecified atom stereocenters. The first kappa shape index (κ1) is 24.7. The molecule has 0 aromatic carbocycles. The van der Waals surface area contributed by atoms with Gasteiger partial charge >= 0.3 is 0 Å². The molecule has 0 radical (unpaired) electrons. The normalized spacial score (nSPS) is 14.9. The van der Waals surface area contributed by atoms with Crippen LogP contribution < -0.4 is 0 Å². The van der Waals surface area contributed by atoms with E-state index >= 15 is 0 Å². The van der Waals surface area contributed by atoms with Gasteiger partial charge in [-0.3, -0.25) is 10.1 Å². The van der Waals surface area contributed by atoms with Crippen molar-refractivity contribution in [2.75, 3.05) is 0 Å². The van der Waals surface area contributed by atoms with Crippen LogP contribution in [0.25, 0.3) is 0 Å². The van der Waals surface area contributed by atoms with E-state index in [1.165, 1.54) is 0 Å². The number of hydrogen-bond acceptors (Lipinski definition) is 4. The molecular weight excluding hydrogens is 342 g/mol. The van der Waals surface area contributed by atoms with E-state index in [9.17, 15) is 20.0 Å². The van der Waals surface area contributed by atoms with Gasteiger partial charge in [-0.05, 0) is 38.5 Å². The Balaban J connectivity index is 3.79. The molecule has 0 spiro atoms. The lowest BCUT2D eigenvalue weighted by Crippen LogP contribution is -2.32. The van der Waals surface area contributed by atoms with Crippen LogP contribution in [0.5, 0.6) is 0 Å². The molecule has 150 valence electrons. The minimum atomic E-state index is -0.918. The summed E-state index contributed by atoms with van der Waals surface area (Å²) in [7, 11) is 0. The minimum absolute atomic E-state index is 0.258. The third kappa shape index (κ3) is 15.7. The van der Waals surface area contributed by atoms with Gasteiger partial charge in [-0.15, -0.1) is 0 Å². The number of unbranched alkanes of at least 4 members (excludes halogenated alkanes) is 1. The Hall–Kier alpha value is -2.27. The quantitative estimate of drug-likeness (QED) is 0.134. The van der Waals surface area contributed by atoms with Crippen molar-refractivity contribution in [2.24, 2.45) is 0 Å². The lowest BCUT2D eigenvalue weighted by atomic mass is 10.1. The van der Waals surface area contributed by atoms with Crippen LogP contribution in [0.1, 0.15) is 58.3 Å². The van der Waals surface area contributed by atoms with Gasteiger partial charge in [0.2, 0.25) is 6.04 Å². The van der Waals surface area contributed by atoms with Crippen LogP contribution in [0.4, 0.5) is 0 Å². The lowest BCUT2D eigenvalue weighted by Gasteiger charge is -2.12. The Kier molecular flexibility index (Phi) is 17.0. The number of allylic oxidation sites excluding steroid dienone is 9. The van der Waals surface area contributed by atoms with Crippen molar-refractivity contribution in [3.05, 3.63) is 70.9 Å². The van der Waals surface area contributed by atoms with Crippen LogP contribution in [0.3, 0.4) is 0 Å². The number of aliphatic hydroxyl groups is 1. The molecule has 0 amide bonds. The van der Waals surface area contributed by atoms with Gasteiger partial charge in [0.15, 0.2) is 0 Å². The fourth-order valence-corrected chi connectivity index (χ4v) is 2.26. The van der Waals surface area contributed by atoms with Crippen LogP contribution in [0, 0.1) is 10.1 Å². The maximum Gasteiger partial charge on any atom is 0.241 e. The van der Waals surface area contributed by atoms with Crippen molar-refractivity contribution < 1.29 is 14.8 Å². The van der Waals surface area contributed by atoms with E-state index in [1.54, 1.807) is 13.0 Å². The van der Waals surface area contributed by atoms with Gasteiger partial charge in [-0.2, -0.15) is 0 Å². The molecule has 0 heterocycles. The lowest BCUT2D eigenvalue weighted by molar-refractivity contribution is -0.533. The Morgan fingerprint density at radius 1 is 0.815 bits per heavy atom. The number of carbonyl (C=O) groups excluding carboxylic acids is 1. The topological polar surface area (TPSA) is 80.4 Å². The summed E-state index contributed by atoms with van der Waals surface area (Å²) in [6, 6.07) is -0.918. The first-order valence-electron chi connectivity index (χ1n) is 9.63. The number of aliphatic hydroxyl groups excluding tert-OH is 1. The van der Waals surface area contributed by atoms with Crippen molar-refractivity contribution in [3.63, 3.8) is 0 Å². The van der Waals surface area contributed by atoms with Gasteiger partial charge in [0.1, 0.15) is 12.4 Å². The summed E-state index contributed by atoms with van der Waals surface area (Å²) in [6.45, 7) is 1.74. The van der Waals surface area contributed by atoms with Gasteiger partial charge in [-0.25, -0.2) is 0 Å². The molecule has 5 nitrogen and oxygen atoms in total. The Bertz CT molecular complexity index is 532. The van der Waals surface area contributed by atoms with Crippen molar-refractivity contribution in [1.82, 2.24) is 0 Å². The summed E-state index contributed by atoms with van der Waals surface area (Å²) >= 11 is 0. The fourth-order valence-electron chi connectivity index (χ4n) is 2.26. The SMILES string of the molecule is CCC(O)C(C/C=C\C/C=C\C/C=C\C/C=C\C/C=C\CCC=O)[N+](=O)[O-]. The molecule has 0 aliphatic carbocycles. The number of hydrogen-bond donors (Lipinski definition) is 1. The maximum absolute atomic E-state index is 10.9. The molecule has 0 aromatic heterocycles. The predicted octanol–water partition coefficient (Wildman–Crippen LogP) is 5.11. The average molecular weight is 376 g/mol. The Labute approximate surface area is 163 Å². The third-order valence-electron chi connectivity index (χ3n) is 3.88. The average Bonchev–Trinajstić information content (AvgIpc) is 2.66. The number of carbonyl (C=O) groups is 1. The van der Waals surface area contributed by atoms with E-state index in [0.717, 1.165) is 38.4 Å². The highest BCUT2D eigenvalue weighted by molar-refractivity contribution is 5.49. The van der Waals surface area contributed by atoms with Crippen LogP contribution in [0.15, 0.2) is 60.8 Å². The van der Waals surface area contributed by atoms with Gasteiger partial charge < -0.3 is 9.90 Å². The monoisotopic (exact) mass is 375 g/mol. The molecule has 0 aromatic rings. The first-order chi connectivity index (χ1) is 13.1. The number of aldehydes is 1. The second-order valence-electron chi connectivity index (χ2n) is 6.11. The standard InChI is InChI=1S/C22H33NO4/c1-2-22(25)21(23(26)27)19-17-15-13-11-9-7-5-3-4-6-8-10-12-14-16-18-20-24/h3,5-6,8-9,11-12,14-15,17,20-22,25H,2,4,7,10,13,16,18-19H2,1H3/b5-3-,8-6-,11-9-,14-12-,17-15-. The van der Waals surface area contributed by atoms with Crippen LogP contribution in [-0.2, 0) is 4.79 Å². The summed E-state index contributed by atoms with van der Waals surface area (Å²) in [6.07, 6.45) is 25.8. The molecule has 0 saturated carbocycles. The first-order valence-corrected chi connectivity index (χ1v) is 9.63. The molecular formula is C22H33NO4. The second kappa shape index (κ2) is 18.5. The van der Waals surface area contributed by atoms with Gasteiger partial charge in [0.25, 0.3) is 0 Å². The van der Waals surface area contributed by atoms with Gasteiger partial charge in [0.05, 0.1) is 0 Å². The largest absolute Gasteiger partial charge is 0.386 e. The van der Waals surface area contributed by atoms with Crippen LogP contribution >= 0.6 is 0 Å². The van der Waals surface area contributed by atoms with E-state index in [2.05, 4.69) is 36.5 Å². The molecule has 0 saturated heterocycles. The number of rotatable bonds is 16. The molecule has 0 bridgehead atoms. The Morgan fingerprint density at radius 2 is 1.26 bits per heavy atom. The summed E-state index contributed by atoms with van der Waals surface area (Å²) in [5.41, 5.74) is 0. The van der Waals surface area contributed by atoms with Crippen molar-refractivity contribution >= 4 is 6.29 Å². The van der Waals surface area contributed by atoms with Crippen LogP contribution in [-0.4, -0.2) is 28.5 Å². The zero-order valence-electron chi connectivity index (χ0n) is 16.3. The highest BCUT2D eigenvalue weighted by Crippen LogP contribution is 2.08. The summed E-state index contributed by atoms with van der Waals surface area (Å²) < 4.78 is 0. The molecule has 0 aliphatic heterocycles. The van der Waals surface area contributed by atoms with E-state index in [1.807, 2.05) is 18.2 Å². The number of nitro groups is 1. The molecule has 27 heavy (non-hydrogen) atoms. The summed E-state index contributed by atoms with van der Waals surface area (Å²) in [5.74, 6) is 0. The van der Waals surface area contributed by atoms with E-state index < -0.39 is 17.1 Å². The summed E-state index contributed by atoms with van der Waals surface area (Å²) in [5, 5.41) is 20.5. The van der Waals surface area contributed by atoms with Gasteiger partial charge in [0, 0.05) is 17.8 Å². The third-order valence-corrected chi connectivity index (χ3v) is 3.88.